The number of hydrogen-bond donors (Lipinski definition) is 1. The van der Waals surface area contributed by atoms with Crippen LogP contribution in [0.25, 0.3) is 0 Å². The highest BCUT2D eigenvalue weighted by molar-refractivity contribution is 4.87. The van der Waals surface area contributed by atoms with Crippen LogP contribution in [0, 0.1) is 0 Å². The molecule has 2 rings (SSSR count). The molecule has 88 valence electrons. The average molecular weight is 210 g/mol. The number of unbranched alkanes of at least 4 members (excludes halogenated alkanes) is 2. The zero-order valence-electron chi connectivity index (χ0n) is 10.2. The molecular weight excluding hydrogens is 184 g/mol. The fraction of sp³-hybridized carbons (Fsp3) is 1.00. The van der Waals surface area contributed by atoms with Gasteiger partial charge in [-0.05, 0) is 45.2 Å². The summed E-state index contributed by atoms with van der Waals surface area (Å²) in [5.74, 6) is 0. The van der Waals surface area contributed by atoms with Gasteiger partial charge in [0.05, 0.1) is 0 Å². The van der Waals surface area contributed by atoms with Crippen molar-refractivity contribution in [2.24, 2.45) is 0 Å². The van der Waals surface area contributed by atoms with Crippen LogP contribution in [0.15, 0.2) is 0 Å². The third-order valence-corrected chi connectivity index (χ3v) is 3.63. The molecule has 0 bridgehead atoms. The van der Waals surface area contributed by atoms with Crippen molar-refractivity contribution in [1.29, 1.82) is 0 Å². The van der Waals surface area contributed by atoms with E-state index in [9.17, 15) is 0 Å². The number of rotatable bonds is 6. The Morgan fingerprint density at radius 3 is 2.73 bits per heavy atom. The molecule has 2 fully saturated rings. The van der Waals surface area contributed by atoms with Crippen LogP contribution in [0.5, 0.6) is 0 Å². The van der Waals surface area contributed by atoms with Gasteiger partial charge >= 0.3 is 0 Å². The maximum atomic E-state index is 3.77. The zero-order valence-corrected chi connectivity index (χ0v) is 10.2. The lowest BCUT2D eigenvalue weighted by molar-refractivity contribution is 0.187. The monoisotopic (exact) mass is 210 g/mol. The molecule has 2 nitrogen and oxygen atoms in total. The van der Waals surface area contributed by atoms with E-state index in [0.29, 0.717) is 0 Å². The summed E-state index contributed by atoms with van der Waals surface area (Å²) in [6, 6.07) is 1.68. The first-order valence-corrected chi connectivity index (χ1v) is 6.87. The summed E-state index contributed by atoms with van der Waals surface area (Å²) in [6.45, 7) is 6.26. The van der Waals surface area contributed by atoms with E-state index in [1.807, 2.05) is 0 Å². The summed E-state index contributed by atoms with van der Waals surface area (Å²) in [5.41, 5.74) is 0. The van der Waals surface area contributed by atoms with E-state index < -0.39 is 0 Å². The third-order valence-electron chi connectivity index (χ3n) is 3.63. The highest BCUT2D eigenvalue weighted by atomic mass is 15.2. The van der Waals surface area contributed by atoms with Crippen molar-refractivity contribution in [2.75, 3.05) is 19.6 Å². The lowest BCUT2D eigenvalue weighted by atomic mass is 10.1. The van der Waals surface area contributed by atoms with Crippen LogP contribution < -0.4 is 5.32 Å². The van der Waals surface area contributed by atoms with Crippen LogP contribution in [-0.2, 0) is 0 Å². The standard InChI is InChI=1S/C13H26N2/c1-2-3-4-9-15-10-5-6-13(11-15)14-12-7-8-12/h12-14H,2-11H2,1H3. The molecule has 0 amide bonds. The van der Waals surface area contributed by atoms with Crippen LogP contribution in [0.3, 0.4) is 0 Å². The minimum atomic E-state index is 0.799. The maximum absolute atomic E-state index is 3.77. The SMILES string of the molecule is CCCCCN1CCCC(NC2CC2)C1. The van der Waals surface area contributed by atoms with Crippen molar-refractivity contribution in [3.8, 4) is 0 Å². The number of likely N-dealkylation sites (tertiary alicyclic amines) is 1. The van der Waals surface area contributed by atoms with Gasteiger partial charge in [-0.15, -0.1) is 0 Å². The molecular formula is C13H26N2. The van der Waals surface area contributed by atoms with Crippen molar-refractivity contribution in [2.45, 2.75) is 64.0 Å². The van der Waals surface area contributed by atoms with Crippen LogP contribution in [-0.4, -0.2) is 36.6 Å². The predicted molar refractivity (Wildman–Crippen MR) is 65.1 cm³/mol. The fourth-order valence-corrected chi connectivity index (χ4v) is 2.56. The summed E-state index contributed by atoms with van der Waals surface area (Å²) < 4.78 is 0. The van der Waals surface area contributed by atoms with Gasteiger partial charge in [0, 0.05) is 18.6 Å². The molecule has 1 atom stereocenters. The van der Waals surface area contributed by atoms with Gasteiger partial charge in [0.25, 0.3) is 0 Å². The Hall–Kier alpha value is -0.0800. The molecule has 1 saturated heterocycles. The Bertz CT molecular complexity index is 177. The molecule has 15 heavy (non-hydrogen) atoms. The van der Waals surface area contributed by atoms with Gasteiger partial charge in [0.1, 0.15) is 0 Å². The van der Waals surface area contributed by atoms with Crippen molar-refractivity contribution >= 4 is 0 Å². The molecule has 0 aromatic carbocycles. The van der Waals surface area contributed by atoms with Crippen molar-refractivity contribution in [3.05, 3.63) is 0 Å². The van der Waals surface area contributed by atoms with E-state index in [4.69, 9.17) is 0 Å². The summed E-state index contributed by atoms with van der Waals surface area (Å²) in [7, 11) is 0. The van der Waals surface area contributed by atoms with Gasteiger partial charge in [-0.1, -0.05) is 19.8 Å². The smallest absolute Gasteiger partial charge is 0.0198 e. The Morgan fingerprint density at radius 1 is 1.13 bits per heavy atom. The summed E-state index contributed by atoms with van der Waals surface area (Å²) in [4.78, 5) is 2.67. The molecule has 1 N–H and O–H groups in total. The van der Waals surface area contributed by atoms with E-state index in [2.05, 4.69) is 17.1 Å². The largest absolute Gasteiger partial charge is 0.310 e. The van der Waals surface area contributed by atoms with Gasteiger partial charge in [-0.2, -0.15) is 0 Å². The Morgan fingerprint density at radius 2 is 2.00 bits per heavy atom. The second-order valence-electron chi connectivity index (χ2n) is 5.29. The van der Waals surface area contributed by atoms with Gasteiger partial charge in [0.15, 0.2) is 0 Å². The molecule has 0 aromatic rings. The number of nitrogens with one attached hydrogen (secondary N) is 1. The third kappa shape index (κ3) is 4.12. The van der Waals surface area contributed by atoms with E-state index in [0.717, 1.165) is 12.1 Å². The summed E-state index contributed by atoms with van der Waals surface area (Å²) in [5, 5.41) is 3.77. The highest BCUT2D eigenvalue weighted by Crippen LogP contribution is 2.22. The lowest BCUT2D eigenvalue weighted by Gasteiger charge is -2.33. The van der Waals surface area contributed by atoms with E-state index in [-0.39, 0.29) is 0 Å². The molecule has 0 spiro atoms. The molecule has 0 aromatic heterocycles. The van der Waals surface area contributed by atoms with Gasteiger partial charge in [-0.25, -0.2) is 0 Å². The van der Waals surface area contributed by atoms with Gasteiger partial charge in [0.2, 0.25) is 0 Å². The first-order valence-electron chi connectivity index (χ1n) is 6.87. The van der Waals surface area contributed by atoms with Crippen LogP contribution in [0.2, 0.25) is 0 Å². The Kier molecular flexibility index (Phi) is 4.45. The zero-order chi connectivity index (χ0) is 10.5. The first-order chi connectivity index (χ1) is 7.38. The second kappa shape index (κ2) is 5.86. The van der Waals surface area contributed by atoms with E-state index in [1.165, 1.54) is 64.6 Å². The van der Waals surface area contributed by atoms with Crippen LogP contribution in [0.4, 0.5) is 0 Å². The van der Waals surface area contributed by atoms with Crippen molar-refractivity contribution in [3.63, 3.8) is 0 Å². The van der Waals surface area contributed by atoms with Crippen LogP contribution in [0.1, 0.15) is 51.9 Å². The first kappa shape index (κ1) is 11.4. The second-order valence-corrected chi connectivity index (χ2v) is 5.29. The number of piperidine rings is 1. The van der Waals surface area contributed by atoms with E-state index in [1.54, 1.807) is 0 Å². The van der Waals surface area contributed by atoms with E-state index >= 15 is 0 Å². The maximum Gasteiger partial charge on any atom is 0.0198 e. The predicted octanol–water partition coefficient (Wildman–Crippen LogP) is 2.39. The quantitative estimate of drug-likeness (QED) is 0.677. The van der Waals surface area contributed by atoms with Crippen LogP contribution >= 0.6 is 0 Å². The number of nitrogens with zero attached hydrogens (tertiary/aromatic N) is 1. The average Bonchev–Trinajstić information content (AvgIpc) is 3.03. The topological polar surface area (TPSA) is 15.3 Å². The minimum absolute atomic E-state index is 0.799. The summed E-state index contributed by atoms with van der Waals surface area (Å²) in [6.07, 6.45) is 9.79. The molecule has 0 radical (unpaired) electrons. The highest BCUT2D eigenvalue weighted by Gasteiger charge is 2.27. The molecule has 1 saturated carbocycles. The Labute approximate surface area is 94.4 Å². The molecule has 1 aliphatic carbocycles. The molecule has 1 unspecified atom stereocenters. The van der Waals surface area contributed by atoms with Crippen molar-refractivity contribution < 1.29 is 0 Å². The molecule has 2 heteroatoms. The van der Waals surface area contributed by atoms with Crippen molar-refractivity contribution in [1.82, 2.24) is 10.2 Å². The van der Waals surface area contributed by atoms with Gasteiger partial charge in [-0.3, -0.25) is 0 Å². The normalized spacial score (nSPS) is 28.2. The molecule has 1 heterocycles. The molecule has 2 aliphatic rings. The molecule has 1 aliphatic heterocycles. The fourth-order valence-electron chi connectivity index (χ4n) is 2.56. The Balaban J connectivity index is 1.62. The minimum Gasteiger partial charge on any atom is -0.310 e. The lowest BCUT2D eigenvalue weighted by Crippen LogP contribution is -2.46. The number of hydrogen-bond acceptors (Lipinski definition) is 2. The summed E-state index contributed by atoms with van der Waals surface area (Å²) >= 11 is 0. The van der Waals surface area contributed by atoms with Gasteiger partial charge < -0.3 is 10.2 Å².